The predicted molar refractivity (Wildman–Crippen MR) is 97.5 cm³/mol. The van der Waals surface area contributed by atoms with Gasteiger partial charge in [0.05, 0.1) is 11.9 Å². The molecular weight excluding hydrogens is 332 g/mol. The van der Waals surface area contributed by atoms with Gasteiger partial charge in [-0.1, -0.05) is 6.42 Å². The summed E-state index contributed by atoms with van der Waals surface area (Å²) >= 11 is 0. The highest BCUT2D eigenvalue weighted by atomic mass is 16.5. The summed E-state index contributed by atoms with van der Waals surface area (Å²) in [7, 11) is 0. The number of fused-ring (bicyclic) bond motifs is 1. The summed E-state index contributed by atoms with van der Waals surface area (Å²) in [5.74, 6) is 1.08. The first-order chi connectivity index (χ1) is 12.6. The highest BCUT2D eigenvalue weighted by Crippen LogP contribution is 2.28. The molecule has 0 saturated heterocycles. The van der Waals surface area contributed by atoms with E-state index in [1.807, 2.05) is 13.0 Å². The molecule has 0 unspecified atom stereocenters. The fourth-order valence-electron chi connectivity index (χ4n) is 2.92. The predicted octanol–water partition coefficient (Wildman–Crippen LogP) is 4.03. The largest absolute Gasteiger partial charge is 0.439 e. The van der Waals surface area contributed by atoms with E-state index in [1.54, 1.807) is 30.5 Å². The van der Waals surface area contributed by atoms with E-state index in [4.69, 9.17) is 9.15 Å². The molecule has 1 fully saturated rings. The van der Waals surface area contributed by atoms with Crippen LogP contribution in [0.15, 0.2) is 51.8 Å². The van der Waals surface area contributed by atoms with Crippen LogP contribution in [0.5, 0.6) is 11.6 Å². The standard InChI is InChI=1S/C20H18N2O4/c1-12-9-19(23)26-17-10-15(6-7-16(12)17)25-18-8-5-14(11-21-18)22-20(24)13-3-2-4-13/h5-11,13H,2-4H2,1H3,(H,22,24). The van der Waals surface area contributed by atoms with Crippen LogP contribution in [-0.4, -0.2) is 10.9 Å². The van der Waals surface area contributed by atoms with E-state index in [0.29, 0.717) is 22.9 Å². The molecule has 2 heterocycles. The Morgan fingerprint density at radius 1 is 1.23 bits per heavy atom. The fourth-order valence-corrected chi connectivity index (χ4v) is 2.92. The number of amides is 1. The van der Waals surface area contributed by atoms with Gasteiger partial charge < -0.3 is 14.5 Å². The summed E-state index contributed by atoms with van der Waals surface area (Å²) in [4.78, 5) is 27.7. The number of anilines is 1. The molecule has 0 spiro atoms. The molecule has 1 saturated carbocycles. The summed E-state index contributed by atoms with van der Waals surface area (Å²) in [6.45, 7) is 1.86. The summed E-state index contributed by atoms with van der Waals surface area (Å²) in [5.41, 5.74) is 1.58. The second-order valence-corrected chi connectivity index (χ2v) is 6.51. The maximum atomic E-state index is 11.9. The molecule has 0 bridgehead atoms. The van der Waals surface area contributed by atoms with Crippen LogP contribution in [0.4, 0.5) is 5.69 Å². The van der Waals surface area contributed by atoms with Crippen molar-refractivity contribution in [3.8, 4) is 11.6 Å². The lowest BCUT2D eigenvalue weighted by Gasteiger charge is -2.23. The summed E-state index contributed by atoms with van der Waals surface area (Å²) in [6, 6.07) is 10.2. The highest BCUT2D eigenvalue weighted by Gasteiger charge is 2.25. The summed E-state index contributed by atoms with van der Waals surface area (Å²) in [5, 5.41) is 3.73. The van der Waals surface area contributed by atoms with E-state index < -0.39 is 5.63 Å². The van der Waals surface area contributed by atoms with Crippen molar-refractivity contribution in [3.63, 3.8) is 0 Å². The average molecular weight is 350 g/mol. The Kier molecular flexibility index (Phi) is 4.16. The summed E-state index contributed by atoms with van der Waals surface area (Å²) in [6.07, 6.45) is 4.60. The molecule has 1 aliphatic rings. The Bertz CT molecular complexity index is 1020. The number of hydrogen-bond acceptors (Lipinski definition) is 5. The van der Waals surface area contributed by atoms with E-state index in [-0.39, 0.29) is 11.8 Å². The van der Waals surface area contributed by atoms with Gasteiger partial charge in [-0.2, -0.15) is 0 Å². The molecular formula is C20H18N2O4. The molecule has 132 valence electrons. The van der Waals surface area contributed by atoms with Gasteiger partial charge in [0.15, 0.2) is 0 Å². The van der Waals surface area contributed by atoms with Crippen LogP contribution in [0, 0.1) is 12.8 Å². The number of ether oxygens (including phenoxy) is 1. The molecule has 1 aromatic carbocycles. The van der Waals surface area contributed by atoms with Crippen LogP contribution in [0.25, 0.3) is 11.0 Å². The van der Waals surface area contributed by atoms with E-state index >= 15 is 0 Å². The first-order valence-electron chi connectivity index (χ1n) is 8.58. The molecule has 3 aromatic rings. The molecule has 26 heavy (non-hydrogen) atoms. The van der Waals surface area contributed by atoms with Crippen molar-refractivity contribution in [2.75, 3.05) is 5.32 Å². The Balaban J connectivity index is 1.49. The van der Waals surface area contributed by atoms with Crippen molar-refractivity contribution in [1.82, 2.24) is 4.98 Å². The van der Waals surface area contributed by atoms with Crippen molar-refractivity contribution in [2.24, 2.45) is 5.92 Å². The molecule has 4 rings (SSSR count). The number of aryl methyl sites for hydroxylation is 1. The van der Waals surface area contributed by atoms with Gasteiger partial charge in [-0.3, -0.25) is 4.79 Å². The van der Waals surface area contributed by atoms with Crippen molar-refractivity contribution < 1.29 is 13.9 Å². The SMILES string of the molecule is Cc1cc(=O)oc2cc(Oc3ccc(NC(=O)C4CCC4)cn3)ccc12. The van der Waals surface area contributed by atoms with Gasteiger partial charge in [0.2, 0.25) is 11.8 Å². The van der Waals surface area contributed by atoms with Crippen LogP contribution in [0.2, 0.25) is 0 Å². The normalized spacial score (nSPS) is 14.0. The molecule has 6 nitrogen and oxygen atoms in total. The van der Waals surface area contributed by atoms with Gasteiger partial charge in [-0.25, -0.2) is 9.78 Å². The quantitative estimate of drug-likeness (QED) is 0.719. The van der Waals surface area contributed by atoms with Crippen LogP contribution >= 0.6 is 0 Å². The number of rotatable bonds is 4. The van der Waals surface area contributed by atoms with Gasteiger partial charge in [-0.05, 0) is 43.5 Å². The van der Waals surface area contributed by atoms with E-state index in [0.717, 1.165) is 30.2 Å². The zero-order valence-corrected chi connectivity index (χ0v) is 14.3. The number of carbonyl (C=O) groups is 1. The fraction of sp³-hybridized carbons (Fsp3) is 0.250. The second kappa shape index (κ2) is 6.63. The van der Waals surface area contributed by atoms with Crippen molar-refractivity contribution >= 4 is 22.6 Å². The molecule has 1 N–H and O–H groups in total. The Morgan fingerprint density at radius 2 is 2.08 bits per heavy atom. The monoisotopic (exact) mass is 350 g/mol. The topological polar surface area (TPSA) is 81.4 Å². The minimum absolute atomic E-state index is 0.0478. The number of hydrogen-bond donors (Lipinski definition) is 1. The minimum atomic E-state index is -0.392. The number of benzene rings is 1. The highest BCUT2D eigenvalue weighted by molar-refractivity contribution is 5.92. The van der Waals surface area contributed by atoms with E-state index in [2.05, 4.69) is 10.3 Å². The third kappa shape index (κ3) is 3.31. The van der Waals surface area contributed by atoms with Crippen LogP contribution in [0.1, 0.15) is 24.8 Å². The van der Waals surface area contributed by atoms with Crippen molar-refractivity contribution in [3.05, 3.63) is 58.6 Å². The second-order valence-electron chi connectivity index (χ2n) is 6.51. The first kappa shape index (κ1) is 16.3. The van der Waals surface area contributed by atoms with Gasteiger partial charge in [0, 0.05) is 29.5 Å². The number of pyridine rings is 1. The molecule has 1 amide bonds. The number of aromatic nitrogens is 1. The Labute approximate surface area is 149 Å². The average Bonchev–Trinajstić information content (AvgIpc) is 2.54. The number of nitrogens with zero attached hydrogens (tertiary/aromatic N) is 1. The maximum Gasteiger partial charge on any atom is 0.336 e. The first-order valence-corrected chi connectivity index (χ1v) is 8.58. The lowest BCUT2D eigenvalue weighted by molar-refractivity contribution is -0.122. The summed E-state index contributed by atoms with van der Waals surface area (Å²) < 4.78 is 10.9. The lowest BCUT2D eigenvalue weighted by atomic mass is 9.85. The van der Waals surface area contributed by atoms with Crippen LogP contribution in [0.3, 0.4) is 0 Å². The number of nitrogens with one attached hydrogen (secondary N) is 1. The minimum Gasteiger partial charge on any atom is -0.439 e. The Morgan fingerprint density at radius 3 is 2.77 bits per heavy atom. The van der Waals surface area contributed by atoms with Gasteiger partial charge in [0.25, 0.3) is 0 Å². The van der Waals surface area contributed by atoms with Crippen molar-refractivity contribution in [1.29, 1.82) is 0 Å². The van der Waals surface area contributed by atoms with Gasteiger partial charge in [0.1, 0.15) is 11.3 Å². The zero-order chi connectivity index (χ0) is 18.1. The Hall–Kier alpha value is -3.15. The molecule has 0 aliphatic heterocycles. The smallest absolute Gasteiger partial charge is 0.336 e. The van der Waals surface area contributed by atoms with Crippen LogP contribution < -0.4 is 15.7 Å². The van der Waals surface area contributed by atoms with Crippen LogP contribution in [-0.2, 0) is 4.79 Å². The van der Waals surface area contributed by atoms with E-state index in [1.165, 1.54) is 6.07 Å². The van der Waals surface area contributed by atoms with Gasteiger partial charge in [-0.15, -0.1) is 0 Å². The van der Waals surface area contributed by atoms with Gasteiger partial charge >= 0.3 is 5.63 Å². The van der Waals surface area contributed by atoms with Crippen molar-refractivity contribution in [2.45, 2.75) is 26.2 Å². The third-order valence-electron chi connectivity index (χ3n) is 4.63. The molecule has 6 heteroatoms. The molecule has 0 radical (unpaired) electrons. The third-order valence-corrected chi connectivity index (χ3v) is 4.63. The van der Waals surface area contributed by atoms with E-state index in [9.17, 15) is 9.59 Å². The molecule has 0 atom stereocenters. The number of carbonyl (C=O) groups excluding carboxylic acids is 1. The lowest BCUT2D eigenvalue weighted by Crippen LogP contribution is -2.28. The molecule has 1 aliphatic carbocycles. The maximum absolute atomic E-state index is 11.9. The zero-order valence-electron chi connectivity index (χ0n) is 14.3. The molecule has 2 aromatic heterocycles.